The number of carbonyl (C=O) groups excluding carboxylic acids is 1. The van der Waals surface area contributed by atoms with Crippen LogP contribution < -0.4 is 9.62 Å². The molecule has 1 aliphatic rings. The summed E-state index contributed by atoms with van der Waals surface area (Å²) in [5.74, 6) is -0.217. The second kappa shape index (κ2) is 7.35. The molecule has 0 fully saturated rings. The van der Waals surface area contributed by atoms with Gasteiger partial charge in [-0.3, -0.25) is 9.10 Å². The molecule has 2 aromatic rings. The van der Waals surface area contributed by atoms with Crippen molar-refractivity contribution in [1.82, 2.24) is 5.32 Å². The fraction of sp³-hybridized carbons (Fsp3) is 0.381. The van der Waals surface area contributed by atoms with Gasteiger partial charge in [-0.1, -0.05) is 24.3 Å². The third-order valence-corrected chi connectivity index (χ3v) is 6.47. The molecule has 0 radical (unpaired) electrons. The maximum atomic E-state index is 12.7. The predicted molar refractivity (Wildman–Crippen MR) is 109 cm³/mol. The first-order chi connectivity index (χ1) is 12.7. The van der Waals surface area contributed by atoms with Crippen LogP contribution in [0.1, 0.15) is 52.0 Å². The molecule has 1 aliphatic carbocycles. The number of amides is 1. The molecule has 0 saturated heterocycles. The number of nitrogens with one attached hydrogen (secondary N) is 1. The molecule has 0 aliphatic heterocycles. The first-order valence-corrected chi connectivity index (χ1v) is 11.0. The van der Waals surface area contributed by atoms with Crippen LogP contribution in [0.2, 0.25) is 0 Å². The normalized spacial score (nSPS) is 14.5. The molecule has 1 unspecified atom stereocenters. The van der Waals surface area contributed by atoms with Crippen molar-refractivity contribution in [2.75, 3.05) is 17.6 Å². The number of benzene rings is 2. The Balaban J connectivity index is 1.80. The number of aryl methyl sites for hydroxylation is 3. The molecule has 1 N–H and O–H groups in total. The highest BCUT2D eigenvalue weighted by Crippen LogP contribution is 2.26. The van der Waals surface area contributed by atoms with Crippen molar-refractivity contribution < 1.29 is 13.2 Å². The first kappa shape index (κ1) is 19.4. The lowest BCUT2D eigenvalue weighted by Gasteiger charge is -2.20. The van der Waals surface area contributed by atoms with Gasteiger partial charge in [0.1, 0.15) is 0 Å². The van der Waals surface area contributed by atoms with E-state index in [1.165, 1.54) is 28.9 Å². The van der Waals surface area contributed by atoms with Gasteiger partial charge in [-0.25, -0.2) is 8.42 Å². The molecule has 0 saturated carbocycles. The first-order valence-electron chi connectivity index (χ1n) is 9.14. The number of hydrogen-bond donors (Lipinski definition) is 1. The summed E-state index contributed by atoms with van der Waals surface area (Å²) in [6.07, 6.45) is 4.58. The average Bonchev–Trinajstić information content (AvgIpc) is 3.08. The maximum absolute atomic E-state index is 12.7. The van der Waals surface area contributed by atoms with Crippen LogP contribution in [0.5, 0.6) is 0 Å². The molecule has 27 heavy (non-hydrogen) atoms. The van der Waals surface area contributed by atoms with E-state index in [1.807, 2.05) is 13.8 Å². The van der Waals surface area contributed by atoms with Crippen LogP contribution in [0.3, 0.4) is 0 Å². The van der Waals surface area contributed by atoms with Gasteiger partial charge in [0.2, 0.25) is 10.0 Å². The van der Waals surface area contributed by atoms with Gasteiger partial charge in [-0.05, 0) is 67.5 Å². The van der Waals surface area contributed by atoms with Crippen molar-refractivity contribution in [2.45, 2.75) is 39.2 Å². The van der Waals surface area contributed by atoms with Crippen molar-refractivity contribution in [3.63, 3.8) is 0 Å². The number of carbonyl (C=O) groups is 1. The standard InChI is InChI=1S/C21H26N2O3S/c1-14-8-9-19(13-20(14)23(3)27(4,25)26)21(24)22-15(2)17-11-10-16-6-5-7-18(16)12-17/h8-13,15H,5-7H2,1-4H3,(H,22,24). The number of sulfonamides is 1. The summed E-state index contributed by atoms with van der Waals surface area (Å²) in [5, 5.41) is 3.02. The van der Waals surface area contributed by atoms with E-state index in [0.717, 1.165) is 30.2 Å². The monoisotopic (exact) mass is 386 g/mol. The highest BCUT2D eigenvalue weighted by Gasteiger charge is 2.19. The van der Waals surface area contributed by atoms with Gasteiger partial charge < -0.3 is 5.32 Å². The number of hydrogen-bond acceptors (Lipinski definition) is 3. The van der Waals surface area contributed by atoms with Crippen molar-refractivity contribution in [2.24, 2.45) is 0 Å². The van der Waals surface area contributed by atoms with Gasteiger partial charge in [-0.2, -0.15) is 0 Å². The summed E-state index contributed by atoms with van der Waals surface area (Å²) in [5.41, 5.74) is 5.62. The largest absolute Gasteiger partial charge is 0.346 e. The van der Waals surface area contributed by atoms with Crippen LogP contribution in [0.15, 0.2) is 36.4 Å². The van der Waals surface area contributed by atoms with Crippen LogP contribution in [-0.4, -0.2) is 27.6 Å². The third-order valence-electron chi connectivity index (χ3n) is 5.28. The van der Waals surface area contributed by atoms with E-state index in [1.54, 1.807) is 18.2 Å². The number of fused-ring (bicyclic) bond motifs is 1. The molecule has 0 spiro atoms. The summed E-state index contributed by atoms with van der Waals surface area (Å²) in [6, 6.07) is 11.4. The Morgan fingerprint density at radius 2 is 1.81 bits per heavy atom. The van der Waals surface area contributed by atoms with Gasteiger partial charge >= 0.3 is 0 Å². The Bertz CT molecular complexity index is 983. The molecule has 1 amide bonds. The molecule has 3 rings (SSSR count). The van der Waals surface area contributed by atoms with Crippen molar-refractivity contribution >= 4 is 21.6 Å². The minimum Gasteiger partial charge on any atom is -0.346 e. The Labute approximate surface area is 161 Å². The van der Waals surface area contributed by atoms with Crippen LogP contribution in [0.4, 0.5) is 5.69 Å². The van der Waals surface area contributed by atoms with E-state index in [9.17, 15) is 13.2 Å². The number of rotatable bonds is 5. The maximum Gasteiger partial charge on any atom is 0.251 e. The lowest BCUT2D eigenvalue weighted by Crippen LogP contribution is -2.28. The van der Waals surface area contributed by atoms with Crippen LogP contribution >= 0.6 is 0 Å². The summed E-state index contributed by atoms with van der Waals surface area (Å²) < 4.78 is 24.9. The van der Waals surface area contributed by atoms with Gasteiger partial charge in [0.05, 0.1) is 18.0 Å². The quantitative estimate of drug-likeness (QED) is 0.857. The van der Waals surface area contributed by atoms with E-state index in [4.69, 9.17) is 0 Å². The Morgan fingerprint density at radius 1 is 1.11 bits per heavy atom. The molecular formula is C21H26N2O3S. The van der Waals surface area contributed by atoms with Crippen LogP contribution in [-0.2, 0) is 22.9 Å². The molecule has 1 atom stereocenters. The van der Waals surface area contributed by atoms with E-state index in [-0.39, 0.29) is 11.9 Å². The van der Waals surface area contributed by atoms with Crippen LogP contribution in [0.25, 0.3) is 0 Å². The minimum atomic E-state index is -3.39. The van der Waals surface area contributed by atoms with Gasteiger partial charge in [0, 0.05) is 12.6 Å². The molecule has 5 nitrogen and oxygen atoms in total. The van der Waals surface area contributed by atoms with Crippen LogP contribution in [0, 0.1) is 6.92 Å². The molecule has 0 heterocycles. The fourth-order valence-electron chi connectivity index (χ4n) is 3.49. The smallest absolute Gasteiger partial charge is 0.251 e. The Morgan fingerprint density at radius 3 is 2.52 bits per heavy atom. The second-order valence-electron chi connectivity index (χ2n) is 7.31. The van der Waals surface area contributed by atoms with E-state index >= 15 is 0 Å². The zero-order chi connectivity index (χ0) is 19.8. The molecular weight excluding hydrogens is 360 g/mol. The van der Waals surface area contributed by atoms with E-state index < -0.39 is 10.0 Å². The van der Waals surface area contributed by atoms with Gasteiger partial charge in [0.25, 0.3) is 5.91 Å². The molecule has 2 aromatic carbocycles. The summed E-state index contributed by atoms with van der Waals surface area (Å²) in [6.45, 7) is 3.79. The average molecular weight is 387 g/mol. The lowest BCUT2D eigenvalue weighted by atomic mass is 10.0. The number of anilines is 1. The van der Waals surface area contributed by atoms with Gasteiger partial charge in [0.15, 0.2) is 0 Å². The zero-order valence-electron chi connectivity index (χ0n) is 16.2. The Kier molecular flexibility index (Phi) is 5.29. The van der Waals surface area contributed by atoms with Crippen molar-refractivity contribution in [3.05, 3.63) is 64.2 Å². The van der Waals surface area contributed by atoms with Gasteiger partial charge in [-0.15, -0.1) is 0 Å². The highest BCUT2D eigenvalue weighted by molar-refractivity contribution is 7.92. The SMILES string of the molecule is Cc1ccc(C(=O)NC(C)c2ccc3c(c2)CCC3)cc1N(C)S(C)(=O)=O. The second-order valence-corrected chi connectivity index (χ2v) is 9.32. The van der Waals surface area contributed by atoms with Crippen molar-refractivity contribution in [3.8, 4) is 0 Å². The zero-order valence-corrected chi connectivity index (χ0v) is 17.1. The topological polar surface area (TPSA) is 66.5 Å². The lowest BCUT2D eigenvalue weighted by molar-refractivity contribution is 0.0940. The number of nitrogens with zero attached hydrogens (tertiary/aromatic N) is 1. The summed E-state index contributed by atoms with van der Waals surface area (Å²) >= 11 is 0. The fourth-order valence-corrected chi connectivity index (χ4v) is 4.05. The van der Waals surface area contributed by atoms with Crippen molar-refractivity contribution in [1.29, 1.82) is 0 Å². The van der Waals surface area contributed by atoms with E-state index in [2.05, 4.69) is 23.5 Å². The van der Waals surface area contributed by atoms with E-state index in [0.29, 0.717) is 11.3 Å². The summed E-state index contributed by atoms with van der Waals surface area (Å²) in [7, 11) is -1.90. The molecule has 0 bridgehead atoms. The summed E-state index contributed by atoms with van der Waals surface area (Å²) in [4.78, 5) is 12.7. The molecule has 0 aromatic heterocycles. The minimum absolute atomic E-state index is 0.124. The molecule has 144 valence electrons. The highest BCUT2D eigenvalue weighted by atomic mass is 32.2. The Hall–Kier alpha value is -2.34. The molecule has 6 heteroatoms. The third kappa shape index (κ3) is 4.16. The predicted octanol–water partition coefficient (Wildman–Crippen LogP) is 3.37.